The van der Waals surface area contributed by atoms with Crippen LogP contribution in [0.5, 0.6) is 0 Å². The van der Waals surface area contributed by atoms with Crippen LogP contribution in [0.25, 0.3) is 0 Å². The number of benzene rings is 1. The molecule has 3 aliphatic rings. The van der Waals surface area contributed by atoms with E-state index in [9.17, 15) is 9.59 Å². The maximum absolute atomic E-state index is 12.9. The van der Waals surface area contributed by atoms with Crippen molar-refractivity contribution in [2.45, 2.75) is 103 Å². The SMILES string of the molecule is O=C(CCCC(=O)C1CCCC2CCCCC21)CC1CCC(Cc2ccccc2)CC1. The molecule has 31 heavy (non-hydrogen) atoms. The summed E-state index contributed by atoms with van der Waals surface area (Å²) in [5.74, 6) is 4.03. The van der Waals surface area contributed by atoms with Crippen LogP contribution < -0.4 is 0 Å². The molecule has 3 saturated carbocycles. The Hall–Kier alpha value is -1.44. The number of hydrogen-bond acceptors (Lipinski definition) is 2. The van der Waals surface area contributed by atoms with Gasteiger partial charge in [-0.25, -0.2) is 0 Å². The molecule has 0 heterocycles. The van der Waals surface area contributed by atoms with Crippen LogP contribution in [0.1, 0.15) is 102 Å². The molecule has 0 radical (unpaired) electrons. The maximum Gasteiger partial charge on any atom is 0.136 e. The summed E-state index contributed by atoms with van der Waals surface area (Å²) in [5.41, 5.74) is 1.45. The van der Waals surface area contributed by atoms with E-state index >= 15 is 0 Å². The van der Waals surface area contributed by atoms with Crippen LogP contribution in [0.4, 0.5) is 0 Å². The van der Waals surface area contributed by atoms with Gasteiger partial charge in [0.05, 0.1) is 0 Å². The second-order valence-corrected chi connectivity index (χ2v) is 10.9. The van der Waals surface area contributed by atoms with Gasteiger partial charge in [-0.15, -0.1) is 0 Å². The maximum atomic E-state index is 12.9. The molecule has 0 aromatic heterocycles. The van der Waals surface area contributed by atoms with Gasteiger partial charge in [-0.1, -0.05) is 62.4 Å². The van der Waals surface area contributed by atoms with E-state index in [1.807, 2.05) is 0 Å². The minimum absolute atomic E-state index is 0.314. The van der Waals surface area contributed by atoms with Crippen molar-refractivity contribution in [3.63, 3.8) is 0 Å². The molecule has 0 saturated heterocycles. The fourth-order valence-corrected chi connectivity index (χ4v) is 6.99. The molecule has 0 spiro atoms. The zero-order chi connectivity index (χ0) is 21.5. The lowest BCUT2D eigenvalue weighted by molar-refractivity contribution is -0.127. The number of carbonyl (C=O) groups excluding carboxylic acids is 2. The second kappa shape index (κ2) is 11.4. The van der Waals surface area contributed by atoms with E-state index in [1.165, 1.54) is 76.2 Å². The van der Waals surface area contributed by atoms with Gasteiger partial charge in [0.15, 0.2) is 0 Å². The third-order valence-electron chi connectivity index (χ3n) is 8.72. The number of fused-ring (bicyclic) bond motifs is 1. The van der Waals surface area contributed by atoms with E-state index in [0.717, 1.165) is 31.1 Å². The van der Waals surface area contributed by atoms with Crippen molar-refractivity contribution < 1.29 is 9.59 Å². The zero-order valence-electron chi connectivity index (χ0n) is 19.4. The summed E-state index contributed by atoms with van der Waals surface area (Å²) in [6.45, 7) is 0. The molecule has 3 unspecified atom stereocenters. The van der Waals surface area contributed by atoms with Crippen molar-refractivity contribution in [1.82, 2.24) is 0 Å². The Morgan fingerprint density at radius 3 is 2.26 bits per heavy atom. The van der Waals surface area contributed by atoms with E-state index in [0.29, 0.717) is 42.2 Å². The largest absolute Gasteiger partial charge is 0.300 e. The van der Waals surface area contributed by atoms with Gasteiger partial charge in [0.2, 0.25) is 0 Å². The highest BCUT2D eigenvalue weighted by molar-refractivity contribution is 5.83. The molecule has 170 valence electrons. The Labute approximate surface area is 189 Å². The van der Waals surface area contributed by atoms with E-state index in [-0.39, 0.29) is 0 Å². The first-order valence-electron chi connectivity index (χ1n) is 13.3. The topological polar surface area (TPSA) is 34.1 Å². The molecule has 3 atom stereocenters. The quantitative estimate of drug-likeness (QED) is 0.417. The lowest BCUT2D eigenvalue weighted by Crippen LogP contribution is -2.35. The highest BCUT2D eigenvalue weighted by Gasteiger charge is 2.37. The molecule has 0 N–H and O–H groups in total. The van der Waals surface area contributed by atoms with Crippen LogP contribution in [0.3, 0.4) is 0 Å². The van der Waals surface area contributed by atoms with Crippen molar-refractivity contribution in [2.75, 3.05) is 0 Å². The summed E-state index contributed by atoms with van der Waals surface area (Å²) in [5, 5.41) is 0. The van der Waals surface area contributed by atoms with Crippen molar-refractivity contribution in [3.8, 4) is 0 Å². The van der Waals surface area contributed by atoms with Crippen LogP contribution >= 0.6 is 0 Å². The molecule has 3 aliphatic carbocycles. The van der Waals surface area contributed by atoms with Gasteiger partial charge in [-0.2, -0.15) is 0 Å². The fraction of sp³-hybridized carbons (Fsp3) is 0.724. The zero-order valence-corrected chi connectivity index (χ0v) is 19.4. The van der Waals surface area contributed by atoms with Gasteiger partial charge in [0.25, 0.3) is 0 Å². The van der Waals surface area contributed by atoms with Crippen molar-refractivity contribution in [1.29, 1.82) is 0 Å². The first-order valence-corrected chi connectivity index (χ1v) is 13.3. The summed E-state index contributed by atoms with van der Waals surface area (Å²) >= 11 is 0. The third kappa shape index (κ3) is 6.53. The van der Waals surface area contributed by atoms with Crippen LogP contribution in [0, 0.1) is 29.6 Å². The van der Waals surface area contributed by atoms with Crippen molar-refractivity contribution >= 4 is 11.6 Å². The molecule has 0 amide bonds. The average molecular weight is 423 g/mol. The van der Waals surface area contributed by atoms with Crippen molar-refractivity contribution in [3.05, 3.63) is 35.9 Å². The predicted octanol–water partition coefficient (Wildman–Crippen LogP) is 7.34. The van der Waals surface area contributed by atoms with E-state index in [1.54, 1.807) is 0 Å². The van der Waals surface area contributed by atoms with Gasteiger partial charge in [-0.05, 0) is 80.6 Å². The van der Waals surface area contributed by atoms with E-state index in [2.05, 4.69) is 30.3 Å². The number of ketones is 2. The standard InChI is InChI=1S/C29H42O2/c30-26(21-24-18-16-23(17-19-24)20-22-8-2-1-3-9-22)12-7-15-29(31)28-14-6-11-25-10-4-5-13-27(25)28/h1-3,8-9,23-25,27-28H,4-7,10-21H2. The molecule has 3 fully saturated rings. The number of hydrogen-bond donors (Lipinski definition) is 0. The highest BCUT2D eigenvalue weighted by atomic mass is 16.1. The van der Waals surface area contributed by atoms with Crippen LogP contribution in [-0.4, -0.2) is 11.6 Å². The molecule has 4 rings (SSSR count). The summed E-state index contributed by atoms with van der Waals surface area (Å²) in [7, 11) is 0. The molecular formula is C29H42O2. The first kappa shape index (κ1) is 22.7. The normalized spacial score (nSPS) is 31.0. The summed E-state index contributed by atoms with van der Waals surface area (Å²) < 4.78 is 0. The molecule has 1 aromatic carbocycles. The molecule has 2 heteroatoms. The molecule has 2 nitrogen and oxygen atoms in total. The molecule has 0 aliphatic heterocycles. The highest BCUT2D eigenvalue weighted by Crippen LogP contribution is 2.44. The summed E-state index contributed by atoms with van der Waals surface area (Å²) in [6, 6.07) is 10.8. The summed E-state index contributed by atoms with van der Waals surface area (Å²) in [6.07, 6.45) is 17.9. The molecular weight excluding hydrogens is 380 g/mol. The average Bonchev–Trinajstić information content (AvgIpc) is 2.80. The number of Topliss-reactive ketones (excluding diaryl/α,β-unsaturated/α-hetero) is 2. The van der Waals surface area contributed by atoms with Crippen LogP contribution in [0.2, 0.25) is 0 Å². The first-order chi connectivity index (χ1) is 15.2. The predicted molar refractivity (Wildman–Crippen MR) is 127 cm³/mol. The van der Waals surface area contributed by atoms with Gasteiger partial charge in [0.1, 0.15) is 11.6 Å². The fourth-order valence-electron chi connectivity index (χ4n) is 6.99. The lowest BCUT2D eigenvalue weighted by atomic mass is 9.64. The van der Waals surface area contributed by atoms with Crippen LogP contribution in [0.15, 0.2) is 30.3 Å². The minimum atomic E-state index is 0.314. The Morgan fingerprint density at radius 2 is 1.45 bits per heavy atom. The van der Waals surface area contributed by atoms with Crippen LogP contribution in [-0.2, 0) is 16.0 Å². The second-order valence-electron chi connectivity index (χ2n) is 10.9. The van der Waals surface area contributed by atoms with Gasteiger partial charge >= 0.3 is 0 Å². The Bertz CT molecular complexity index is 699. The Morgan fingerprint density at radius 1 is 0.742 bits per heavy atom. The van der Waals surface area contributed by atoms with Gasteiger partial charge in [0, 0.05) is 25.2 Å². The van der Waals surface area contributed by atoms with Gasteiger partial charge in [-0.3, -0.25) is 9.59 Å². The number of rotatable bonds is 9. The lowest BCUT2D eigenvalue weighted by Gasteiger charge is -2.40. The Balaban J connectivity index is 1.12. The van der Waals surface area contributed by atoms with E-state index in [4.69, 9.17) is 0 Å². The Kier molecular flexibility index (Phi) is 8.39. The third-order valence-corrected chi connectivity index (χ3v) is 8.72. The van der Waals surface area contributed by atoms with Crippen molar-refractivity contribution in [2.24, 2.45) is 29.6 Å². The molecule has 1 aromatic rings. The number of carbonyl (C=O) groups is 2. The summed E-state index contributed by atoms with van der Waals surface area (Å²) in [4.78, 5) is 25.5. The minimum Gasteiger partial charge on any atom is -0.300 e. The molecule has 0 bridgehead atoms. The van der Waals surface area contributed by atoms with E-state index < -0.39 is 0 Å². The monoisotopic (exact) mass is 422 g/mol. The van der Waals surface area contributed by atoms with Gasteiger partial charge < -0.3 is 0 Å². The smallest absolute Gasteiger partial charge is 0.136 e.